The summed E-state index contributed by atoms with van der Waals surface area (Å²) in [7, 11) is 0. The minimum atomic E-state index is -4.38. The molecule has 0 saturated carbocycles. The van der Waals surface area contributed by atoms with Crippen molar-refractivity contribution in [2.75, 3.05) is 6.54 Å². The van der Waals surface area contributed by atoms with Crippen LogP contribution in [0.4, 0.5) is 22.0 Å². The number of benzene rings is 1. The van der Waals surface area contributed by atoms with E-state index in [1.54, 1.807) is 5.38 Å². The van der Waals surface area contributed by atoms with Crippen LogP contribution in [0.5, 0.6) is 0 Å². The van der Waals surface area contributed by atoms with Crippen LogP contribution in [0.25, 0.3) is 10.6 Å². The van der Waals surface area contributed by atoms with E-state index in [2.05, 4.69) is 20.6 Å². The van der Waals surface area contributed by atoms with E-state index in [1.807, 2.05) is 0 Å². The summed E-state index contributed by atoms with van der Waals surface area (Å²) in [6.07, 6.45) is -4.65. The van der Waals surface area contributed by atoms with E-state index in [4.69, 9.17) is 0 Å². The van der Waals surface area contributed by atoms with Crippen LogP contribution in [0, 0.1) is 5.82 Å². The van der Waals surface area contributed by atoms with Crippen molar-refractivity contribution < 1.29 is 36.6 Å². The van der Waals surface area contributed by atoms with Gasteiger partial charge in [0.15, 0.2) is 0 Å². The highest BCUT2D eigenvalue weighted by Gasteiger charge is 2.30. The average Bonchev–Trinajstić information content (AvgIpc) is 3.53. The Labute approximate surface area is 210 Å². The van der Waals surface area contributed by atoms with E-state index in [9.17, 15) is 36.6 Å². The highest BCUT2D eigenvalue weighted by molar-refractivity contribution is 7.16. The van der Waals surface area contributed by atoms with Crippen LogP contribution in [-0.4, -0.2) is 45.7 Å². The molecule has 1 aromatic carbocycles. The van der Waals surface area contributed by atoms with Gasteiger partial charge in [-0.3, -0.25) is 9.59 Å². The Hall–Kier alpha value is -2.97. The minimum Gasteiger partial charge on any atom is -0.384 e. The fourth-order valence-electron chi connectivity index (χ4n) is 3.26. The van der Waals surface area contributed by atoms with Gasteiger partial charge in [-0.1, -0.05) is 6.07 Å². The fraction of sp³-hybridized carbons (Fsp3) is 0.364. The molecule has 0 spiro atoms. The summed E-state index contributed by atoms with van der Waals surface area (Å²) in [4.78, 5) is 32.9. The van der Waals surface area contributed by atoms with Crippen molar-refractivity contribution >= 4 is 34.5 Å². The maximum absolute atomic E-state index is 13.6. The number of amides is 2. The van der Waals surface area contributed by atoms with Gasteiger partial charge in [-0.25, -0.2) is 18.7 Å². The third-order valence-corrected chi connectivity index (χ3v) is 6.87. The van der Waals surface area contributed by atoms with Crippen molar-refractivity contribution in [1.29, 1.82) is 0 Å². The Morgan fingerprint density at radius 1 is 1.19 bits per heavy atom. The van der Waals surface area contributed by atoms with Gasteiger partial charge in [0.05, 0.1) is 18.8 Å². The van der Waals surface area contributed by atoms with E-state index < -0.39 is 55.6 Å². The maximum atomic E-state index is 13.6. The van der Waals surface area contributed by atoms with Gasteiger partial charge in [-0.2, -0.15) is 13.2 Å². The second-order valence-electron chi connectivity index (χ2n) is 7.64. The topological polar surface area (TPSA) is 104 Å². The van der Waals surface area contributed by atoms with Gasteiger partial charge in [0.2, 0.25) is 5.91 Å². The van der Waals surface area contributed by atoms with Crippen molar-refractivity contribution in [3.05, 3.63) is 57.2 Å². The van der Waals surface area contributed by atoms with Crippen molar-refractivity contribution in [3.63, 3.8) is 0 Å². The van der Waals surface area contributed by atoms with Crippen molar-refractivity contribution in [2.24, 2.45) is 0 Å². The summed E-state index contributed by atoms with van der Waals surface area (Å²) in [5.74, 6) is -2.00. The Morgan fingerprint density at radius 2 is 1.97 bits per heavy atom. The van der Waals surface area contributed by atoms with Crippen molar-refractivity contribution in [2.45, 2.75) is 44.3 Å². The molecule has 2 atom stereocenters. The Bertz CT molecular complexity index is 1170. The molecule has 0 aliphatic rings. The number of nitrogens with zero attached hydrogens (tertiary/aromatic N) is 2. The van der Waals surface area contributed by atoms with Crippen LogP contribution < -0.4 is 10.6 Å². The standard InChI is InChI=1S/C22H21F5N4O3S2/c23-9-12-3-4-13(24)8-14(12)20-30-10-16(36-20)19(34)29-11-17(32)31-15(2-1-5-22(25,26)27)18(33)21-28-6-7-35-21/h3-4,6-8,10,15,18,33H,1-2,5,9,11H2,(H,29,34)(H,31,32). The van der Waals surface area contributed by atoms with Crippen LogP contribution in [0.15, 0.2) is 36.0 Å². The molecule has 0 saturated heterocycles. The molecule has 194 valence electrons. The Morgan fingerprint density at radius 3 is 2.64 bits per heavy atom. The van der Waals surface area contributed by atoms with E-state index >= 15 is 0 Å². The van der Waals surface area contributed by atoms with Gasteiger partial charge in [-0.15, -0.1) is 22.7 Å². The quantitative estimate of drug-likeness (QED) is 0.305. The molecule has 0 radical (unpaired) electrons. The summed E-state index contributed by atoms with van der Waals surface area (Å²) >= 11 is 1.96. The van der Waals surface area contributed by atoms with Crippen LogP contribution in [-0.2, 0) is 11.5 Å². The van der Waals surface area contributed by atoms with Gasteiger partial charge >= 0.3 is 6.18 Å². The van der Waals surface area contributed by atoms with Gasteiger partial charge in [0.1, 0.15) is 33.5 Å². The van der Waals surface area contributed by atoms with Crippen LogP contribution >= 0.6 is 22.7 Å². The lowest BCUT2D eigenvalue weighted by molar-refractivity contribution is -0.136. The first-order chi connectivity index (χ1) is 17.1. The molecule has 2 aromatic heterocycles. The average molecular weight is 549 g/mol. The number of aromatic nitrogens is 2. The first kappa shape index (κ1) is 27.6. The fourth-order valence-corrected chi connectivity index (χ4v) is 4.83. The number of hydrogen-bond donors (Lipinski definition) is 3. The molecule has 2 heterocycles. The summed E-state index contributed by atoms with van der Waals surface area (Å²) in [5.41, 5.74) is 0.407. The first-order valence-corrected chi connectivity index (χ1v) is 12.3. The molecule has 3 N–H and O–H groups in total. The molecule has 36 heavy (non-hydrogen) atoms. The highest BCUT2D eigenvalue weighted by atomic mass is 32.1. The van der Waals surface area contributed by atoms with Gasteiger partial charge in [0, 0.05) is 23.6 Å². The molecular formula is C22H21F5N4O3S2. The largest absolute Gasteiger partial charge is 0.389 e. The molecule has 14 heteroatoms. The minimum absolute atomic E-state index is 0.0800. The number of aliphatic hydroxyl groups is 1. The number of carbonyl (C=O) groups is 2. The van der Waals surface area contributed by atoms with Crippen LogP contribution in [0.3, 0.4) is 0 Å². The number of rotatable bonds is 11. The monoisotopic (exact) mass is 548 g/mol. The predicted octanol–water partition coefficient (Wildman–Crippen LogP) is 4.56. The number of aliphatic hydroxyl groups excluding tert-OH is 1. The van der Waals surface area contributed by atoms with E-state index in [0.29, 0.717) is 0 Å². The van der Waals surface area contributed by atoms with E-state index in [-0.39, 0.29) is 38.9 Å². The molecule has 3 aromatic rings. The predicted molar refractivity (Wildman–Crippen MR) is 124 cm³/mol. The third-order valence-electron chi connectivity index (χ3n) is 4.99. The lowest BCUT2D eigenvalue weighted by atomic mass is 10.0. The molecule has 2 unspecified atom stereocenters. The molecule has 0 aliphatic carbocycles. The number of thiazole rings is 2. The number of hydrogen-bond acceptors (Lipinski definition) is 7. The molecular weight excluding hydrogens is 527 g/mol. The van der Waals surface area contributed by atoms with E-state index in [0.717, 1.165) is 34.8 Å². The van der Waals surface area contributed by atoms with Crippen LogP contribution in [0.2, 0.25) is 0 Å². The zero-order valence-electron chi connectivity index (χ0n) is 18.5. The molecule has 0 fully saturated rings. The smallest absolute Gasteiger partial charge is 0.384 e. The molecule has 7 nitrogen and oxygen atoms in total. The summed E-state index contributed by atoms with van der Waals surface area (Å²) < 4.78 is 64.4. The number of alkyl halides is 4. The molecule has 0 aliphatic heterocycles. The second-order valence-corrected chi connectivity index (χ2v) is 9.60. The lowest BCUT2D eigenvalue weighted by Crippen LogP contribution is -2.44. The number of carbonyl (C=O) groups excluding carboxylic acids is 2. The summed E-state index contributed by atoms with van der Waals surface area (Å²) in [6.45, 7) is -1.38. The first-order valence-electron chi connectivity index (χ1n) is 10.6. The van der Waals surface area contributed by atoms with Gasteiger partial charge in [0.25, 0.3) is 5.91 Å². The van der Waals surface area contributed by atoms with Gasteiger partial charge in [-0.05, 0) is 30.5 Å². The second kappa shape index (κ2) is 12.3. The number of halogens is 5. The number of nitrogens with one attached hydrogen (secondary N) is 2. The Kier molecular flexibility index (Phi) is 9.45. The third kappa shape index (κ3) is 7.77. The van der Waals surface area contributed by atoms with Gasteiger partial charge < -0.3 is 15.7 Å². The summed E-state index contributed by atoms with van der Waals surface area (Å²) in [6, 6.07) is 2.45. The van der Waals surface area contributed by atoms with Crippen molar-refractivity contribution in [3.8, 4) is 10.6 Å². The summed E-state index contributed by atoms with van der Waals surface area (Å²) in [5, 5.41) is 17.3. The zero-order chi connectivity index (χ0) is 26.3. The normalized spacial score (nSPS) is 13.3. The zero-order valence-corrected chi connectivity index (χ0v) is 20.2. The SMILES string of the molecule is O=C(CNC(=O)c1cnc(-c2cc(F)ccc2CF)s1)NC(CCCC(F)(F)F)C(O)c1nccs1. The van der Waals surface area contributed by atoms with E-state index in [1.165, 1.54) is 18.5 Å². The molecule has 3 rings (SSSR count). The lowest BCUT2D eigenvalue weighted by Gasteiger charge is -2.23. The maximum Gasteiger partial charge on any atom is 0.389 e. The molecule has 2 amide bonds. The van der Waals surface area contributed by atoms with Crippen LogP contribution in [0.1, 0.15) is 45.6 Å². The van der Waals surface area contributed by atoms with Crippen molar-refractivity contribution in [1.82, 2.24) is 20.6 Å². The Balaban J connectivity index is 1.60. The highest BCUT2D eigenvalue weighted by Crippen LogP contribution is 2.30. The molecule has 0 bridgehead atoms.